The molecule has 4 heterocycles. The summed E-state index contributed by atoms with van der Waals surface area (Å²) >= 11 is 0. The molecule has 7 nitrogen and oxygen atoms in total. The first-order chi connectivity index (χ1) is 15.0. The number of carbonyl (C=O) groups is 1. The Kier molecular flexibility index (Phi) is 3.84. The van der Waals surface area contributed by atoms with Crippen molar-refractivity contribution in [1.29, 1.82) is 0 Å². The number of imidazole rings is 1. The number of nitrogens with zero attached hydrogens (tertiary/aromatic N) is 6. The van der Waals surface area contributed by atoms with E-state index >= 15 is 0 Å². The number of pyridine rings is 1. The van der Waals surface area contributed by atoms with Gasteiger partial charge in [0.05, 0.1) is 23.6 Å². The predicted molar refractivity (Wildman–Crippen MR) is 118 cm³/mol. The molecule has 0 N–H and O–H groups in total. The maximum Gasteiger partial charge on any atom is 0.245 e. The summed E-state index contributed by atoms with van der Waals surface area (Å²) in [6.45, 7) is 2.57. The SMILES string of the molecule is CC1C(=O)N(C)Cc2c(-c3cccc4cc(-c5ccn(C)n5)ncc34)nc(C3CC3)n21. The summed E-state index contributed by atoms with van der Waals surface area (Å²) in [5.74, 6) is 1.68. The molecule has 156 valence electrons. The number of fused-ring (bicyclic) bond motifs is 2. The molecule has 1 aliphatic carbocycles. The maximum atomic E-state index is 12.7. The molecule has 1 fully saturated rings. The lowest BCUT2D eigenvalue weighted by molar-refractivity contribution is -0.135. The number of aryl methyl sites for hydroxylation is 1. The summed E-state index contributed by atoms with van der Waals surface area (Å²) in [4.78, 5) is 24.3. The van der Waals surface area contributed by atoms with Gasteiger partial charge in [-0.25, -0.2) is 4.98 Å². The minimum Gasteiger partial charge on any atom is -0.338 e. The Bertz CT molecular complexity index is 1350. The highest BCUT2D eigenvalue weighted by atomic mass is 16.2. The van der Waals surface area contributed by atoms with Crippen molar-refractivity contribution < 1.29 is 4.79 Å². The van der Waals surface area contributed by atoms with Crippen LogP contribution >= 0.6 is 0 Å². The van der Waals surface area contributed by atoms with Crippen molar-refractivity contribution in [3.05, 3.63) is 54.2 Å². The molecular formula is C24H24N6O. The van der Waals surface area contributed by atoms with E-state index in [0.717, 1.165) is 57.8 Å². The summed E-state index contributed by atoms with van der Waals surface area (Å²) in [5, 5.41) is 6.66. The van der Waals surface area contributed by atoms with E-state index in [4.69, 9.17) is 9.97 Å². The minimum atomic E-state index is -0.213. The first-order valence-electron chi connectivity index (χ1n) is 10.8. The molecule has 7 heteroatoms. The third kappa shape index (κ3) is 2.80. The van der Waals surface area contributed by atoms with Crippen LogP contribution in [0.15, 0.2) is 42.7 Å². The van der Waals surface area contributed by atoms with Gasteiger partial charge in [0.1, 0.15) is 17.6 Å². The van der Waals surface area contributed by atoms with E-state index in [1.54, 1.807) is 4.68 Å². The molecular weight excluding hydrogens is 388 g/mol. The Labute approximate surface area is 180 Å². The van der Waals surface area contributed by atoms with Crippen LogP contribution in [0.1, 0.15) is 43.2 Å². The fourth-order valence-corrected chi connectivity index (χ4v) is 4.72. The van der Waals surface area contributed by atoms with Crippen molar-refractivity contribution in [2.45, 2.75) is 38.3 Å². The lowest BCUT2D eigenvalue weighted by atomic mass is 10.0. The van der Waals surface area contributed by atoms with Crippen LogP contribution in [0.2, 0.25) is 0 Å². The number of aromatic nitrogens is 5. The molecule has 0 spiro atoms. The van der Waals surface area contributed by atoms with Gasteiger partial charge in [-0.05, 0) is 37.3 Å². The van der Waals surface area contributed by atoms with Crippen LogP contribution < -0.4 is 0 Å². The third-order valence-electron chi connectivity index (χ3n) is 6.48. The van der Waals surface area contributed by atoms with Crippen molar-refractivity contribution in [2.24, 2.45) is 7.05 Å². The molecule has 0 radical (unpaired) electrons. The van der Waals surface area contributed by atoms with Crippen LogP contribution in [0.4, 0.5) is 0 Å². The Hall–Kier alpha value is -3.48. The summed E-state index contributed by atoms with van der Waals surface area (Å²) in [6.07, 6.45) is 6.15. The Balaban J connectivity index is 1.53. The highest BCUT2D eigenvalue weighted by Crippen LogP contribution is 2.45. The second-order valence-corrected chi connectivity index (χ2v) is 8.75. The van der Waals surface area contributed by atoms with E-state index in [0.29, 0.717) is 12.5 Å². The molecule has 0 bridgehead atoms. The second-order valence-electron chi connectivity index (χ2n) is 8.75. The number of likely N-dealkylation sites (N-methyl/N-ethyl adjacent to an activating group) is 1. The molecule has 2 aliphatic rings. The van der Waals surface area contributed by atoms with Crippen molar-refractivity contribution in [1.82, 2.24) is 29.2 Å². The van der Waals surface area contributed by atoms with Gasteiger partial charge in [-0.2, -0.15) is 5.10 Å². The van der Waals surface area contributed by atoms with Crippen LogP contribution in [-0.2, 0) is 18.4 Å². The number of carbonyl (C=O) groups excluding carboxylic acids is 1. The molecule has 6 rings (SSSR count). The summed E-state index contributed by atoms with van der Waals surface area (Å²) in [6, 6.07) is 10.1. The second kappa shape index (κ2) is 6.51. The monoisotopic (exact) mass is 412 g/mol. The maximum absolute atomic E-state index is 12.7. The Morgan fingerprint density at radius 3 is 2.68 bits per heavy atom. The molecule has 0 saturated heterocycles. The quantitative estimate of drug-likeness (QED) is 0.512. The number of amides is 1. The fourth-order valence-electron chi connectivity index (χ4n) is 4.72. The number of hydrogen-bond acceptors (Lipinski definition) is 4. The molecule has 3 aromatic heterocycles. The lowest BCUT2D eigenvalue weighted by Gasteiger charge is -2.31. The predicted octanol–water partition coefficient (Wildman–Crippen LogP) is 3.91. The summed E-state index contributed by atoms with van der Waals surface area (Å²) < 4.78 is 3.98. The zero-order chi connectivity index (χ0) is 21.3. The smallest absolute Gasteiger partial charge is 0.245 e. The first-order valence-corrected chi connectivity index (χ1v) is 10.8. The highest BCUT2D eigenvalue weighted by molar-refractivity contribution is 5.97. The van der Waals surface area contributed by atoms with Crippen molar-refractivity contribution in [3.63, 3.8) is 0 Å². The van der Waals surface area contributed by atoms with E-state index < -0.39 is 0 Å². The van der Waals surface area contributed by atoms with Crippen molar-refractivity contribution in [3.8, 4) is 22.6 Å². The van der Waals surface area contributed by atoms with E-state index in [2.05, 4.69) is 33.9 Å². The van der Waals surface area contributed by atoms with E-state index in [-0.39, 0.29) is 11.9 Å². The van der Waals surface area contributed by atoms with Gasteiger partial charge in [-0.1, -0.05) is 18.2 Å². The zero-order valence-corrected chi connectivity index (χ0v) is 17.9. The molecule has 1 saturated carbocycles. The molecule has 31 heavy (non-hydrogen) atoms. The van der Waals surface area contributed by atoms with Gasteiger partial charge in [0, 0.05) is 43.4 Å². The van der Waals surface area contributed by atoms with Gasteiger partial charge in [0.25, 0.3) is 0 Å². The molecule has 1 atom stereocenters. The van der Waals surface area contributed by atoms with E-state index in [1.165, 1.54) is 0 Å². The van der Waals surface area contributed by atoms with Crippen molar-refractivity contribution in [2.75, 3.05) is 7.05 Å². The fraction of sp³-hybridized carbons (Fsp3) is 0.333. The van der Waals surface area contributed by atoms with Crippen LogP contribution in [0.3, 0.4) is 0 Å². The molecule has 1 aliphatic heterocycles. The standard InChI is InChI=1S/C24H24N6O/c1-14-24(31)28(2)13-21-22(26-23(30(14)21)15-7-8-15)17-6-4-5-16-11-20(25-12-18(16)17)19-9-10-29(3)27-19/h4-6,9-12,14-15H,7-8,13H2,1-3H3. The number of hydrogen-bond donors (Lipinski definition) is 0. The number of benzene rings is 1. The molecule has 4 aromatic rings. The van der Waals surface area contributed by atoms with Crippen LogP contribution in [-0.4, -0.2) is 42.2 Å². The van der Waals surface area contributed by atoms with Gasteiger partial charge in [-0.15, -0.1) is 0 Å². The van der Waals surface area contributed by atoms with Gasteiger partial charge in [0.2, 0.25) is 5.91 Å². The van der Waals surface area contributed by atoms with Crippen LogP contribution in [0.25, 0.3) is 33.4 Å². The van der Waals surface area contributed by atoms with Crippen LogP contribution in [0, 0.1) is 0 Å². The molecule has 1 amide bonds. The average molecular weight is 412 g/mol. The van der Waals surface area contributed by atoms with Gasteiger partial charge >= 0.3 is 0 Å². The first kappa shape index (κ1) is 18.3. The molecule has 1 aromatic carbocycles. The molecule has 1 unspecified atom stereocenters. The zero-order valence-electron chi connectivity index (χ0n) is 17.9. The average Bonchev–Trinajstić information content (AvgIpc) is 3.42. The Morgan fingerprint density at radius 2 is 1.94 bits per heavy atom. The largest absolute Gasteiger partial charge is 0.338 e. The van der Waals surface area contributed by atoms with Gasteiger partial charge in [-0.3, -0.25) is 14.5 Å². The summed E-state index contributed by atoms with van der Waals surface area (Å²) in [5.41, 5.74) is 4.89. The van der Waals surface area contributed by atoms with Crippen LogP contribution in [0.5, 0.6) is 0 Å². The van der Waals surface area contributed by atoms with Gasteiger partial charge < -0.3 is 9.47 Å². The van der Waals surface area contributed by atoms with E-state index in [9.17, 15) is 4.79 Å². The van der Waals surface area contributed by atoms with Gasteiger partial charge in [0.15, 0.2) is 0 Å². The third-order valence-corrected chi connectivity index (χ3v) is 6.48. The van der Waals surface area contributed by atoms with Crippen molar-refractivity contribution >= 4 is 16.7 Å². The lowest BCUT2D eigenvalue weighted by Crippen LogP contribution is -2.39. The van der Waals surface area contributed by atoms with E-state index in [1.807, 2.05) is 44.4 Å². The Morgan fingerprint density at radius 1 is 1.10 bits per heavy atom. The summed E-state index contributed by atoms with van der Waals surface area (Å²) in [7, 11) is 3.78. The highest BCUT2D eigenvalue weighted by Gasteiger charge is 2.38. The minimum absolute atomic E-state index is 0.151. The number of rotatable bonds is 3. The normalized spacial score (nSPS) is 18.6. The topological polar surface area (TPSA) is 68.8 Å².